The Morgan fingerprint density at radius 2 is 0.640 bits per heavy atom. The summed E-state index contributed by atoms with van der Waals surface area (Å²) in [7, 11) is 5.94. The smallest absolute Gasteiger partial charge is 0.306 e. The molecule has 0 aliphatic carbocycles. The van der Waals surface area contributed by atoms with Gasteiger partial charge in [-0.2, -0.15) is 0 Å². The molecule has 0 saturated carbocycles. The fourth-order valence-corrected chi connectivity index (χ4v) is 11.2. The Morgan fingerprint density at radius 3 is 0.966 bits per heavy atom. The van der Waals surface area contributed by atoms with E-state index in [9.17, 15) is 19.5 Å². The van der Waals surface area contributed by atoms with Crippen LogP contribution in [0.15, 0.2) is 72.9 Å². The van der Waals surface area contributed by atoms with Crippen molar-refractivity contribution < 1.29 is 42.9 Å². The van der Waals surface area contributed by atoms with Gasteiger partial charge in [0.15, 0.2) is 12.4 Å². The van der Waals surface area contributed by atoms with Gasteiger partial charge in [0.2, 0.25) is 0 Å². The zero-order chi connectivity index (χ0) is 64.7. The van der Waals surface area contributed by atoms with E-state index in [1.54, 1.807) is 0 Å². The third-order valence-corrected chi connectivity index (χ3v) is 16.9. The first-order valence-electron chi connectivity index (χ1n) is 38.1. The average Bonchev–Trinajstić information content (AvgIpc) is 3.71. The molecule has 0 spiro atoms. The molecular formula is C80H145NO8. The van der Waals surface area contributed by atoms with Crippen LogP contribution in [0.5, 0.6) is 0 Å². The van der Waals surface area contributed by atoms with Gasteiger partial charge in [0.25, 0.3) is 0 Å². The summed E-state index contributed by atoms with van der Waals surface area (Å²) in [5.41, 5.74) is 0. The first-order valence-corrected chi connectivity index (χ1v) is 38.1. The second-order valence-corrected chi connectivity index (χ2v) is 26.9. The van der Waals surface area contributed by atoms with Crippen LogP contribution in [0.25, 0.3) is 0 Å². The van der Waals surface area contributed by atoms with Gasteiger partial charge >= 0.3 is 11.9 Å². The van der Waals surface area contributed by atoms with Crippen molar-refractivity contribution in [2.75, 3.05) is 47.5 Å². The second kappa shape index (κ2) is 70.6. The summed E-state index contributed by atoms with van der Waals surface area (Å²) in [5, 5.41) is 11.8. The Balaban J connectivity index is 4.02. The highest BCUT2D eigenvalue weighted by molar-refractivity contribution is 5.70. The maximum atomic E-state index is 13.0. The molecular weight excluding hydrogens is 1100 g/mol. The number of carboxylic acid groups (broad SMARTS) is 1. The monoisotopic (exact) mass is 1250 g/mol. The molecule has 0 aliphatic rings. The number of ether oxygens (including phenoxy) is 4. The lowest BCUT2D eigenvalue weighted by Crippen LogP contribution is -2.44. The number of carbonyl (C=O) groups is 3. The van der Waals surface area contributed by atoms with Crippen LogP contribution in [-0.4, -0.2) is 82.3 Å². The normalized spacial score (nSPS) is 13.0. The Morgan fingerprint density at radius 1 is 0.348 bits per heavy atom. The van der Waals surface area contributed by atoms with Crippen LogP contribution in [0.4, 0.5) is 0 Å². The zero-order valence-electron chi connectivity index (χ0n) is 59.3. The fraction of sp³-hybridized carbons (Fsp3) is 0.812. The number of carbonyl (C=O) groups excluding carboxylic acids is 3. The van der Waals surface area contributed by atoms with Crippen molar-refractivity contribution in [3.63, 3.8) is 0 Å². The van der Waals surface area contributed by atoms with Gasteiger partial charge in [0.1, 0.15) is 13.2 Å². The van der Waals surface area contributed by atoms with E-state index in [1.165, 1.54) is 257 Å². The highest BCUT2D eigenvalue weighted by Crippen LogP contribution is 2.19. The number of carboxylic acids is 1. The summed E-state index contributed by atoms with van der Waals surface area (Å²) < 4.78 is 22.9. The molecule has 0 rings (SSSR count). The molecule has 0 aliphatic heterocycles. The van der Waals surface area contributed by atoms with E-state index in [4.69, 9.17) is 18.9 Å². The Kier molecular flexibility index (Phi) is 68.0. The third kappa shape index (κ3) is 72.0. The number of hydrogen-bond donors (Lipinski definition) is 0. The van der Waals surface area contributed by atoms with Crippen LogP contribution in [0, 0.1) is 0 Å². The molecule has 518 valence electrons. The summed E-state index contributed by atoms with van der Waals surface area (Å²) in [5.74, 6) is -2.26. The molecule has 0 bridgehead atoms. The predicted octanol–water partition coefficient (Wildman–Crippen LogP) is 22.7. The van der Waals surface area contributed by atoms with Gasteiger partial charge in [0, 0.05) is 12.8 Å². The molecule has 2 atom stereocenters. The van der Waals surface area contributed by atoms with Crippen LogP contribution in [-0.2, 0) is 33.3 Å². The van der Waals surface area contributed by atoms with Crippen molar-refractivity contribution in [1.82, 2.24) is 0 Å². The molecule has 0 N–H and O–H groups in total. The Labute approximate surface area is 551 Å². The van der Waals surface area contributed by atoms with Crippen molar-refractivity contribution >= 4 is 17.9 Å². The maximum Gasteiger partial charge on any atom is 0.306 e. The van der Waals surface area contributed by atoms with E-state index in [2.05, 4.69) is 86.8 Å². The van der Waals surface area contributed by atoms with E-state index in [0.717, 1.165) is 70.6 Å². The van der Waals surface area contributed by atoms with Crippen molar-refractivity contribution in [1.29, 1.82) is 0 Å². The summed E-state index contributed by atoms with van der Waals surface area (Å²) in [4.78, 5) is 37.6. The van der Waals surface area contributed by atoms with E-state index in [0.29, 0.717) is 23.9 Å². The average molecular weight is 1250 g/mol. The molecule has 0 aromatic heterocycles. The fourth-order valence-electron chi connectivity index (χ4n) is 11.2. The van der Waals surface area contributed by atoms with Crippen molar-refractivity contribution in [2.45, 2.75) is 373 Å². The topological polar surface area (TPSA) is 111 Å². The minimum Gasteiger partial charge on any atom is -0.545 e. The third-order valence-electron chi connectivity index (χ3n) is 16.9. The number of rotatable bonds is 71. The van der Waals surface area contributed by atoms with Crippen LogP contribution in [0.3, 0.4) is 0 Å². The van der Waals surface area contributed by atoms with Crippen molar-refractivity contribution in [3.05, 3.63) is 72.9 Å². The minimum atomic E-state index is -1.62. The van der Waals surface area contributed by atoms with Gasteiger partial charge in [-0.15, -0.1) is 0 Å². The van der Waals surface area contributed by atoms with Crippen LogP contribution < -0.4 is 5.11 Å². The number of quaternary nitrogens is 1. The SMILES string of the molecule is CC/C=C\C/C=C\C/C=C\C/C=C\C/C=C\CCCCCCCCCCCCCCCC(=O)OC(COC(=O)CCCCCCCCCCCCCCCCCCCCCCCCC/C=C\CCCCCCCCCC)COC(OCC[N+](C)(C)C)C(=O)[O-]. The van der Waals surface area contributed by atoms with Gasteiger partial charge in [0.05, 0.1) is 40.3 Å². The number of likely N-dealkylation sites (N-methyl/N-ethyl adjacent to an activating group) is 1. The molecule has 2 unspecified atom stereocenters. The molecule has 0 heterocycles. The van der Waals surface area contributed by atoms with Gasteiger partial charge in [-0.05, 0) is 83.5 Å². The lowest BCUT2D eigenvalue weighted by molar-refractivity contribution is -0.870. The van der Waals surface area contributed by atoms with Crippen LogP contribution >= 0.6 is 0 Å². The van der Waals surface area contributed by atoms with E-state index in [-0.39, 0.29) is 32.2 Å². The van der Waals surface area contributed by atoms with Crippen LogP contribution in [0.1, 0.15) is 361 Å². The molecule has 9 heteroatoms. The highest BCUT2D eigenvalue weighted by atomic mass is 16.7. The highest BCUT2D eigenvalue weighted by Gasteiger charge is 2.22. The first kappa shape index (κ1) is 85.7. The molecule has 0 amide bonds. The standard InChI is InChI=1S/C80H145NO8/c1-6-8-10-12-14-16-18-20-22-24-26-28-30-32-34-36-37-38-39-40-41-43-44-46-48-50-52-54-56-58-60-62-64-66-68-70-77(82)87-74-76(75-88-80(79(84)85)86-73-72-81(3,4)5)89-78(83)71-69-67-65-63-61-59-57-55-53-51-49-47-45-42-35-33-31-29-27-25-23-21-19-17-15-13-11-9-7-2/h9,11,15,17,21,23-24,26-27,29,33,35,76,80H,6-8,10,12-14,16,18-20,22,25,28,30-32,34,36-75H2,1-5H3/b11-9-,17-15-,23-21-,26-24-,29-27-,35-33-. The summed E-state index contributed by atoms with van der Waals surface area (Å²) >= 11 is 0. The lowest BCUT2D eigenvalue weighted by Gasteiger charge is -2.26. The molecule has 0 aromatic carbocycles. The van der Waals surface area contributed by atoms with E-state index < -0.39 is 24.3 Å². The van der Waals surface area contributed by atoms with Crippen molar-refractivity contribution in [3.8, 4) is 0 Å². The minimum absolute atomic E-state index is 0.147. The number of hydrogen-bond acceptors (Lipinski definition) is 8. The maximum absolute atomic E-state index is 13.0. The number of esters is 2. The summed E-state index contributed by atoms with van der Waals surface area (Å²) in [6, 6.07) is 0. The summed E-state index contributed by atoms with van der Waals surface area (Å²) in [6.45, 7) is 4.69. The van der Waals surface area contributed by atoms with Gasteiger partial charge in [-0.25, -0.2) is 0 Å². The van der Waals surface area contributed by atoms with Crippen LogP contribution in [0.2, 0.25) is 0 Å². The molecule has 89 heavy (non-hydrogen) atoms. The number of aliphatic carboxylic acids is 1. The molecule has 0 saturated heterocycles. The Hall–Kier alpha value is -3.27. The van der Waals surface area contributed by atoms with E-state index in [1.807, 2.05) is 21.1 Å². The lowest BCUT2D eigenvalue weighted by atomic mass is 10.0. The summed E-state index contributed by atoms with van der Waals surface area (Å²) in [6.07, 6.45) is 91.5. The zero-order valence-corrected chi connectivity index (χ0v) is 59.3. The van der Waals surface area contributed by atoms with Crippen molar-refractivity contribution in [2.24, 2.45) is 0 Å². The molecule has 0 fully saturated rings. The molecule has 0 radical (unpaired) electrons. The number of allylic oxidation sites excluding steroid dienone is 12. The van der Waals surface area contributed by atoms with Gasteiger partial charge < -0.3 is 33.3 Å². The van der Waals surface area contributed by atoms with E-state index >= 15 is 0 Å². The molecule has 9 nitrogen and oxygen atoms in total. The molecule has 0 aromatic rings. The number of unbranched alkanes of at least 4 members (excludes halogenated alkanes) is 44. The number of nitrogens with zero attached hydrogens (tertiary/aromatic N) is 1. The second-order valence-electron chi connectivity index (χ2n) is 26.9. The Bertz CT molecular complexity index is 1690. The predicted molar refractivity (Wildman–Crippen MR) is 380 cm³/mol. The van der Waals surface area contributed by atoms with Gasteiger partial charge in [-0.1, -0.05) is 337 Å². The first-order chi connectivity index (χ1) is 43.6. The largest absolute Gasteiger partial charge is 0.545 e. The van der Waals surface area contributed by atoms with Gasteiger partial charge in [-0.3, -0.25) is 9.59 Å². The quantitative estimate of drug-likeness (QED) is 0.0195.